The maximum absolute atomic E-state index is 12.1. The number of amides is 1. The van der Waals surface area contributed by atoms with Crippen molar-refractivity contribution in [2.24, 2.45) is 0 Å². The lowest BCUT2D eigenvalue weighted by molar-refractivity contribution is -0.111. The van der Waals surface area contributed by atoms with Crippen LogP contribution in [0.25, 0.3) is 16.6 Å². The first-order valence-corrected chi connectivity index (χ1v) is 8.61. The second-order valence-corrected chi connectivity index (χ2v) is 6.19. The van der Waals surface area contributed by atoms with Crippen LogP contribution in [0.5, 0.6) is 11.5 Å². The van der Waals surface area contributed by atoms with Crippen LogP contribution >= 0.6 is 11.3 Å². The highest BCUT2D eigenvalue weighted by Gasteiger charge is 2.08. The minimum Gasteiger partial charge on any atom is -0.493 e. The average Bonchev–Trinajstić information content (AvgIpc) is 3.15. The monoisotopic (exact) mass is 367 g/mol. The lowest BCUT2D eigenvalue weighted by atomic mass is 10.2. The summed E-state index contributed by atoms with van der Waals surface area (Å²) < 4.78 is 10.4. The predicted octanol–water partition coefficient (Wildman–Crippen LogP) is 3.87. The van der Waals surface area contributed by atoms with E-state index in [0.717, 1.165) is 16.1 Å². The maximum atomic E-state index is 12.1. The van der Waals surface area contributed by atoms with Crippen molar-refractivity contribution in [1.29, 1.82) is 0 Å². The number of rotatable bonds is 6. The summed E-state index contributed by atoms with van der Waals surface area (Å²) in [6.45, 7) is 0. The van der Waals surface area contributed by atoms with Crippen LogP contribution in [0.4, 0.5) is 5.13 Å². The van der Waals surface area contributed by atoms with Crippen LogP contribution in [-0.4, -0.2) is 30.3 Å². The van der Waals surface area contributed by atoms with Crippen molar-refractivity contribution < 1.29 is 14.3 Å². The molecule has 7 heteroatoms. The van der Waals surface area contributed by atoms with E-state index in [4.69, 9.17) is 9.47 Å². The number of nitrogens with zero attached hydrogens (tertiary/aromatic N) is 2. The Bertz CT molecular complexity index is 923. The molecule has 1 heterocycles. The summed E-state index contributed by atoms with van der Waals surface area (Å²) in [7, 11) is 3.14. The van der Waals surface area contributed by atoms with Gasteiger partial charge in [0.1, 0.15) is 5.01 Å². The van der Waals surface area contributed by atoms with Gasteiger partial charge in [0.15, 0.2) is 11.5 Å². The van der Waals surface area contributed by atoms with Crippen LogP contribution in [-0.2, 0) is 4.79 Å². The number of carbonyl (C=O) groups excluding carboxylic acids is 1. The summed E-state index contributed by atoms with van der Waals surface area (Å²) in [5, 5.41) is 12.0. The van der Waals surface area contributed by atoms with Gasteiger partial charge < -0.3 is 9.47 Å². The fourth-order valence-corrected chi connectivity index (χ4v) is 3.00. The SMILES string of the molecule is COc1ccc(/C=C/C(=O)Nc2nnc(-c3ccccc3)s2)cc1OC. The molecule has 0 unspecified atom stereocenters. The molecule has 0 aliphatic carbocycles. The Kier molecular flexibility index (Phi) is 5.60. The molecular weight excluding hydrogens is 350 g/mol. The Labute approximate surface area is 155 Å². The number of aromatic nitrogens is 2. The van der Waals surface area contributed by atoms with Gasteiger partial charge in [-0.15, -0.1) is 10.2 Å². The molecule has 3 rings (SSSR count). The van der Waals surface area contributed by atoms with E-state index in [1.54, 1.807) is 32.4 Å². The number of anilines is 1. The third-order valence-corrected chi connectivity index (χ3v) is 4.40. The minimum absolute atomic E-state index is 0.282. The molecule has 0 atom stereocenters. The molecule has 26 heavy (non-hydrogen) atoms. The number of benzene rings is 2. The smallest absolute Gasteiger partial charge is 0.250 e. The Morgan fingerprint density at radius 1 is 1.04 bits per heavy atom. The summed E-state index contributed by atoms with van der Waals surface area (Å²) in [5.41, 5.74) is 1.78. The normalized spacial score (nSPS) is 10.7. The number of carbonyl (C=O) groups is 1. The van der Waals surface area contributed by atoms with Crippen LogP contribution in [0.3, 0.4) is 0 Å². The molecule has 0 radical (unpaired) electrons. The highest BCUT2D eigenvalue weighted by molar-refractivity contribution is 7.18. The Balaban J connectivity index is 1.66. The van der Waals surface area contributed by atoms with Crippen LogP contribution in [0.15, 0.2) is 54.6 Å². The van der Waals surface area contributed by atoms with E-state index in [-0.39, 0.29) is 5.91 Å². The average molecular weight is 367 g/mol. The standard InChI is InChI=1S/C19H17N3O3S/c1-24-15-10-8-13(12-16(15)25-2)9-11-17(23)20-19-22-21-18(26-19)14-6-4-3-5-7-14/h3-12H,1-2H3,(H,20,22,23)/b11-9+. The molecule has 1 aromatic heterocycles. The Morgan fingerprint density at radius 2 is 1.81 bits per heavy atom. The van der Waals surface area contributed by atoms with Gasteiger partial charge in [0.25, 0.3) is 0 Å². The lowest BCUT2D eigenvalue weighted by Crippen LogP contribution is -2.07. The first-order chi connectivity index (χ1) is 12.7. The van der Waals surface area contributed by atoms with Crippen molar-refractivity contribution in [1.82, 2.24) is 10.2 Å². The first kappa shape index (κ1) is 17.6. The summed E-state index contributed by atoms with van der Waals surface area (Å²) in [6.07, 6.45) is 3.13. The summed E-state index contributed by atoms with van der Waals surface area (Å²) >= 11 is 1.32. The molecule has 2 aromatic carbocycles. The summed E-state index contributed by atoms with van der Waals surface area (Å²) in [4.78, 5) is 12.1. The first-order valence-electron chi connectivity index (χ1n) is 7.79. The van der Waals surface area contributed by atoms with E-state index >= 15 is 0 Å². The van der Waals surface area contributed by atoms with E-state index in [1.165, 1.54) is 17.4 Å². The number of ether oxygens (including phenoxy) is 2. The number of hydrogen-bond acceptors (Lipinski definition) is 6. The van der Waals surface area contributed by atoms with Gasteiger partial charge in [0, 0.05) is 11.6 Å². The largest absolute Gasteiger partial charge is 0.493 e. The molecule has 0 aliphatic heterocycles. The summed E-state index contributed by atoms with van der Waals surface area (Å²) in [6, 6.07) is 15.1. The molecule has 0 saturated heterocycles. The van der Waals surface area contributed by atoms with Gasteiger partial charge in [-0.3, -0.25) is 10.1 Å². The third kappa shape index (κ3) is 4.25. The molecular formula is C19H17N3O3S. The molecule has 1 N–H and O–H groups in total. The van der Waals surface area contributed by atoms with Crippen molar-refractivity contribution in [2.75, 3.05) is 19.5 Å². The zero-order valence-corrected chi connectivity index (χ0v) is 15.1. The number of methoxy groups -OCH3 is 2. The van der Waals surface area contributed by atoms with Gasteiger partial charge in [-0.05, 0) is 23.8 Å². The minimum atomic E-state index is -0.282. The predicted molar refractivity (Wildman–Crippen MR) is 103 cm³/mol. The van der Waals surface area contributed by atoms with E-state index in [9.17, 15) is 4.79 Å². The van der Waals surface area contributed by atoms with Gasteiger partial charge in [-0.2, -0.15) is 0 Å². The second-order valence-electron chi connectivity index (χ2n) is 5.22. The fraction of sp³-hybridized carbons (Fsp3) is 0.105. The van der Waals surface area contributed by atoms with Gasteiger partial charge >= 0.3 is 0 Å². The number of hydrogen-bond donors (Lipinski definition) is 1. The van der Waals surface area contributed by atoms with Gasteiger partial charge in [0.05, 0.1) is 14.2 Å². The fourth-order valence-electron chi connectivity index (χ4n) is 2.25. The molecule has 0 spiro atoms. The summed E-state index contributed by atoms with van der Waals surface area (Å²) in [5.74, 6) is 0.957. The molecule has 6 nitrogen and oxygen atoms in total. The van der Waals surface area contributed by atoms with E-state index in [2.05, 4.69) is 15.5 Å². The highest BCUT2D eigenvalue weighted by Crippen LogP contribution is 2.28. The molecule has 0 fully saturated rings. The Hall–Kier alpha value is -3.19. The molecule has 3 aromatic rings. The molecule has 132 valence electrons. The zero-order chi connectivity index (χ0) is 18.4. The van der Waals surface area contributed by atoms with E-state index in [0.29, 0.717) is 16.6 Å². The third-order valence-electron chi connectivity index (χ3n) is 3.51. The van der Waals surface area contributed by atoms with Crippen LogP contribution in [0, 0.1) is 0 Å². The molecule has 0 aliphatic rings. The molecule has 1 amide bonds. The Morgan fingerprint density at radius 3 is 2.54 bits per heavy atom. The van der Waals surface area contributed by atoms with Crippen LogP contribution in [0.2, 0.25) is 0 Å². The molecule has 0 saturated carbocycles. The van der Waals surface area contributed by atoms with Crippen molar-refractivity contribution in [3.63, 3.8) is 0 Å². The van der Waals surface area contributed by atoms with Gasteiger partial charge in [-0.1, -0.05) is 47.7 Å². The lowest BCUT2D eigenvalue weighted by Gasteiger charge is -2.07. The van der Waals surface area contributed by atoms with Crippen molar-refractivity contribution in [3.05, 3.63) is 60.2 Å². The quantitative estimate of drug-likeness (QED) is 0.670. The highest BCUT2D eigenvalue weighted by atomic mass is 32.1. The van der Waals surface area contributed by atoms with Crippen LogP contribution in [0.1, 0.15) is 5.56 Å². The van der Waals surface area contributed by atoms with Gasteiger partial charge in [0.2, 0.25) is 11.0 Å². The van der Waals surface area contributed by atoms with Crippen LogP contribution < -0.4 is 14.8 Å². The van der Waals surface area contributed by atoms with E-state index in [1.807, 2.05) is 36.4 Å². The van der Waals surface area contributed by atoms with Crippen molar-refractivity contribution in [2.45, 2.75) is 0 Å². The maximum Gasteiger partial charge on any atom is 0.250 e. The number of nitrogens with one attached hydrogen (secondary N) is 1. The topological polar surface area (TPSA) is 73.3 Å². The molecule has 0 bridgehead atoms. The van der Waals surface area contributed by atoms with Gasteiger partial charge in [-0.25, -0.2) is 0 Å². The zero-order valence-electron chi connectivity index (χ0n) is 14.3. The van der Waals surface area contributed by atoms with Crippen molar-refractivity contribution in [3.8, 4) is 22.1 Å². The van der Waals surface area contributed by atoms with Crippen molar-refractivity contribution >= 4 is 28.5 Å². The second kappa shape index (κ2) is 8.26. The van der Waals surface area contributed by atoms with E-state index < -0.39 is 0 Å².